The van der Waals surface area contributed by atoms with E-state index in [1.165, 1.54) is 30.0 Å². The van der Waals surface area contributed by atoms with Gasteiger partial charge in [0.1, 0.15) is 11.6 Å². The lowest BCUT2D eigenvalue weighted by molar-refractivity contribution is 0.411. The van der Waals surface area contributed by atoms with Gasteiger partial charge in [-0.3, -0.25) is 4.79 Å². The number of methoxy groups -OCH3 is 1. The van der Waals surface area contributed by atoms with Crippen LogP contribution in [0.15, 0.2) is 59.4 Å². The van der Waals surface area contributed by atoms with Crippen LogP contribution in [0.25, 0.3) is 11.3 Å². The smallest absolute Gasteiger partial charge is 0.267 e. The van der Waals surface area contributed by atoms with E-state index in [1.54, 1.807) is 12.1 Å². The van der Waals surface area contributed by atoms with Crippen LogP contribution in [0.1, 0.15) is 11.1 Å². The molecule has 2 aromatic carbocycles. The molecule has 24 heavy (non-hydrogen) atoms. The van der Waals surface area contributed by atoms with Crippen molar-refractivity contribution in [1.82, 2.24) is 9.78 Å². The Labute approximate surface area is 139 Å². The van der Waals surface area contributed by atoms with E-state index in [9.17, 15) is 9.18 Å². The molecule has 3 aromatic rings. The van der Waals surface area contributed by atoms with E-state index >= 15 is 0 Å². The largest absolute Gasteiger partial charge is 0.497 e. The minimum absolute atomic E-state index is 0.228. The zero-order valence-electron chi connectivity index (χ0n) is 13.5. The summed E-state index contributed by atoms with van der Waals surface area (Å²) in [6.45, 7) is 2.34. The predicted molar refractivity (Wildman–Crippen MR) is 90.7 cm³/mol. The maximum absolute atomic E-state index is 14.2. The first-order valence-corrected chi connectivity index (χ1v) is 7.54. The lowest BCUT2D eigenvalue weighted by Crippen LogP contribution is -2.22. The third-order valence-electron chi connectivity index (χ3n) is 3.77. The predicted octanol–water partition coefficient (Wildman–Crippen LogP) is 3.41. The first kappa shape index (κ1) is 15.9. The molecule has 0 aliphatic carbocycles. The number of nitrogens with zero attached hydrogens (tertiary/aromatic N) is 2. The molecule has 0 spiro atoms. The number of aromatic nitrogens is 2. The number of halogens is 1. The molecule has 122 valence electrons. The highest BCUT2D eigenvalue weighted by molar-refractivity contribution is 5.60. The van der Waals surface area contributed by atoms with Crippen LogP contribution < -0.4 is 10.3 Å². The summed E-state index contributed by atoms with van der Waals surface area (Å²) in [5, 5.41) is 4.30. The molecule has 3 rings (SSSR count). The highest BCUT2D eigenvalue weighted by atomic mass is 19.1. The third kappa shape index (κ3) is 3.35. The van der Waals surface area contributed by atoms with Gasteiger partial charge in [-0.25, -0.2) is 9.07 Å². The molecule has 0 atom stereocenters. The van der Waals surface area contributed by atoms with Crippen molar-refractivity contribution in [2.45, 2.75) is 13.5 Å². The van der Waals surface area contributed by atoms with Crippen molar-refractivity contribution in [3.63, 3.8) is 0 Å². The topological polar surface area (TPSA) is 44.1 Å². The van der Waals surface area contributed by atoms with Gasteiger partial charge in [0.25, 0.3) is 5.56 Å². The van der Waals surface area contributed by atoms with Crippen LogP contribution in [-0.2, 0) is 6.54 Å². The van der Waals surface area contributed by atoms with Gasteiger partial charge in [0.05, 0.1) is 19.3 Å². The van der Waals surface area contributed by atoms with Gasteiger partial charge in [0, 0.05) is 17.7 Å². The molecule has 0 aliphatic rings. The number of hydrogen-bond donors (Lipinski definition) is 0. The van der Waals surface area contributed by atoms with Crippen LogP contribution in [0.2, 0.25) is 0 Å². The third-order valence-corrected chi connectivity index (χ3v) is 3.77. The molecule has 0 saturated heterocycles. The number of aryl methyl sites for hydroxylation is 1. The van der Waals surface area contributed by atoms with E-state index in [0.29, 0.717) is 23.6 Å². The van der Waals surface area contributed by atoms with Crippen molar-refractivity contribution in [1.29, 1.82) is 0 Å². The van der Waals surface area contributed by atoms with Gasteiger partial charge >= 0.3 is 0 Å². The molecule has 0 N–H and O–H groups in total. The summed E-state index contributed by atoms with van der Waals surface area (Å²) in [6.07, 6.45) is 0. The van der Waals surface area contributed by atoms with Crippen molar-refractivity contribution in [2.24, 2.45) is 0 Å². The van der Waals surface area contributed by atoms with Crippen molar-refractivity contribution < 1.29 is 9.13 Å². The molecule has 1 aromatic heterocycles. The minimum Gasteiger partial charge on any atom is -0.497 e. The van der Waals surface area contributed by atoms with Gasteiger partial charge in [-0.05, 0) is 30.7 Å². The molecule has 5 heteroatoms. The molecular weight excluding hydrogens is 307 g/mol. The Kier molecular flexibility index (Phi) is 4.42. The van der Waals surface area contributed by atoms with Crippen molar-refractivity contribution >= 4 is 0 Å². The van der Waals surface area contributed by atoms with Crippen molar-refractivity contribution in [3.05, 3.63) is 81.9 Å². The summed E-state index contributed by atoms with van der Waals surface area (Å²) >= 11 is 0. The molecule has 0 fully saturated rings. The fraction of sp³-hybridized carbons (Fsp3) is 0.158. The second-order valence-corrected chi connectivity index (χ2v) is 5.55. The average molecular weight is 324 g/mol. The monoisotopic (exact) mass is 324 g/mol. The standard InChI is InChI=1S/C19H17FN2O2/c1-13-3-5-14(6-4-13)12-22-19(23)10-9-18(21-22)16-8-7-15(24-2)11-17(16)20/h3-11H,12H2,1-2H3. The quantitative estimate of drug-likeness (QED) is 0.739. The summed E-state index contributed by atoms with van der Waals surface area (Å²) < 4.78 is 20.6. The van der Waals surface area contributed by atoms with E-state index in [4.69, 9.17) is 4.74 Å². The van der Waals surface area contributed by atoms with Gasteiger partial charge in [-0.2, -0.15) is 5.10 Å². The van der Waals surface area contributed by atoms with Crippen LogP contribution in [0.4, 0.5) is 4.39 Å². The van der Waals surface area contributed by atoms with Crippen molar-refractivity contribution in [3.8, 4) is 17.0 Å². The molecule has 0 saturated carbocycles. The van der Waals surface area contributed by atoms with Gasteiger partial charge < -0.3 is 4.74 Å². The van der Waals surface area contributed by atoms with E-state index < -0.39 is 5.82 Å². The van der Waals surface area contributed by atoms with Crippen LogP contribution >= 0.6 is 0 Å². The summed E-state index contributed by atoms with van der Waals surface area (Å²) in [5.74, 6) is -0.00777. The maximum Gasteiger partial charge on any atom is 0.267 e. The molecule has 0 amide bonds. The molecule has 1 heterocycles. The Morgan fingerprint density at radius 1 is 1.08 bits per heavy atom. The normalized spacial score (nSPS) is 10.6. The Morgan fingerprint density at radius 3 is 2.50 bits per heavy atom. The molecule has 0 bridgehead atoms. The first-order valence-electron chi connectivity index (χ1n) is 7.54. The Balaban J connectivity index is 1.97. The van der Waals surface area contributed by atoms with E-state index in [-0.39, 0.29) is 5.56 Å². The zero-order valence-corrected chi connectivity index (χ0v) is 13.5. The average Bonchev–Trinajstić information content (AvgIpc) is 2.59. The molecule has 0 unspecified atom stereocenters. The summed E-state index contributed by atoms with van der Waals surface area (Å²) in [6, 6.07) is 15.3. The number of benzene rings is 2. The van der Waals surface area contributed by atoms with Crippen LogP contribution in [0.5, 0.6) is 5.75 Å². The van der Waals surface area contributed by atoms with Crippen LogP contribution in [0, 0.1) is 12.7 Å². The lowest BCUT2D eigenvalue weighted by atomic mass is 10.1. The highest BCUT2D eigenvalue weighted by Gasteiger charge is 2.10. The molecule has 0 radical (unpaired) electrons. The Morgan fingerprint density at radius 2 is 1.83 bits per heavy atom. The zero-order chi connectivity index (χ0) is 17.1. The van der Waals surface area contributed by atoms with Gasteiger partial charge in [0.2, 0.25) is 0 Å². The fourth-order valence-corrected chi connectivity index (χ4v) is 2.40. The number of ether oxygens (including phenoxy) is 1. The molecular formula is C19H17FN2O2. The van der Waals surface area contributed by atoms with Gasteiger partial charge in [0.15, 0.2) is 0 Å². The van der Waals surface area contributed by atoms with Gasteiger partial charge in [-0.1, -0.05) is 29.8 Å². The second kappa shape index (κ2) is 6.66. The van der Waals surface area contributed by atoms with Crippen LogP contribution in [0.3, 0.4) is 0 Å². The summed E-state index contributed by atoms with van der Waals surface area (Å²) in [5.41, 5.74) is 2.61. The highest BCUT2D eigenvalue weighted by Crippen LogP contribution is 2.24. The number of rotatable bonds is 4. The summed E-state index contributed by atoms with van der Waals surface area (Å²) in [4.78, 5) is 12.0. The van der Waals surface area contributed by atoms with E-state index in [2.05, 4.69) is 5.10 Å². The SMILES string of the molecule is COc1ccc(-c2ccc(=O)n(Cc3ccc(C)cc3)n2)c(F)c1. The molecule has 0 aliphatic heterocycles. The molecule has 4 nitrogen and oxygen atoms in total. The maximum atomic E-state index is 14.2. The van der Waals surface area contributed by atoms with E-state index in [0.717, 1.165) is 11.1 Å². The first-order chi connectivity index (χ1) is 11.6. The second-order valence-electron chi connectivity index (χ2n) is 5.55. The van der Waals surface area contributed by atoms with Crippen LogP contribution in [-0.4, -0.2) is 16.9 Å². The van der Waals surface area contributed by atoms with E-state index in [1.807, 2.05) is 31.2 Å². The minimum atomic E-state index is -0.442. The lowest BCUT2D eigenvalue weighted by Gasteiger charge is -2.09. The van der Waals surface area contributed by atoms with Crippen molar-refractivity contribution in [2.75, 3.05) is 7.11 Å². The number of hydrogen-bond acceptors (Lipinski definition) is 3. The Hall–Kier alpha value is -2.95. The van der Waals surface area contributed by atoms with Gasteiger partial charge in [-0.15, -0.1) is 0 Å². The fourth-order valence-electron chi connectivity index (χ4n) is 2.40. The Bertz CT molecular complexity index is 917. The summed E-state index contributed by atoms with van der Waals surface area (Å²) in [7, 11) is 1.48.